The molecule has 94 valence electrons. The van der Waals surface area contributed by atoms with Gasteiger partial charge in [0.05, 0.1) is 0 Å². The van der Waals surface area contributed by atoms with Gasteiger partial charge in [-0.3, -0.25) is 9.69 Å². The fourth-order valence-corrected chi connectivity index (χ4v) is 2.24. The first kappa shape index (κ1) is 12.4. The van der Waals surface area contributed by atoms with Gasteiger partial charge in [-0.25, -0.2) is 4.79 Å². The van der Waals surface area contributed by atoms with Gasteiger partial charge in [-0.2, -0.15) is 0 Å². The Morgan fingerprint density at radius 1 is 1.44 bits per heavy atom. The summed E-state index contributed by atoms with van der Waals surface area (Å²) in [5.41, 5.74) is 1.64. The van der Waals surface area contributed by atoms with E-state index in [4.69, 9.17) is 0 Å². The van der Waals surface area contributed by atoms with Crippen molar-refractivity contribution in [3.63, 3.8) is 0 Å². The number of hydrogen-bond acceptors (Lipinski definition) is 2. The van der Waals surface area contributed by atoms with Crippen LogP contribution in [0.3, 0.4) is 0 Å². The summed E-state index contributed by atoms with van der Waals surface area (Å²) in [4.78, 5) is 24.7. The van der Waals surface area contributed by atoms with Crippen LogP contribution in [0.5, 0.6) is 0 Å². The second kappa shape index (κ2) is 5.04. The van der Waals surface area contributed by atoms with Gasteiger partial charge in [-0.05, 0) is 18.1 Å². The Balaban J connectivity index is 2.31. The molecule has 1 atom stereocenters. The minimum atomic E-state index is -0.960. The lowest BCUT2D eigenvalue weighted by molar-refractivity contribution is -0.139. The fourth-order valence-electron chi connectivity index (χ4n) is 2.24. The molecule has 1 amide bonds. The first-order chi connectivity index (χ1) is 8.65. The SMILES string of the molecule is C=CCCC(=O)N1c2ccccc2CC1C(=O)O. The summed E-state index contributed by atoms with van der Waals surface area (Å²) in [6, 6.07) is 6.56. The van der Waals surface area contributed by atoms with Gasteiger partial charge in [0.25, 0.3) is 0 Å². The number of carbonyl (C=O) groups is 2. The second-order valence-corrected chi connectivity index (χ2v) is 4.28. The number of fused-ring (bicyclic) bond motifs is 1. The van der Waals surface area contributed by atoms with Crippen LogP contribution in [0.15, 0.2) is 36.9 Å². The molecule has 0 fully saturated rings. The van der Waals surface area contributed by atoms with Crippen molar-refractivity contribution in [3.05, 3.63) is 42.5 Å². The van der Waals surface area contributed by atoms with E-state index in [0.29, 0.717) is 19.3 Å². The molecule has 0 saturated carbocycles. The van der Waals surface area contributed by atoms with Crippen molar-refractivity contribution in [1.82, 2.24) is 0 Å². The van der Waals surface area contributed by atoms with E-state index in [0.717, 1.165) is 11.3 Å². The van der Waals surface area contributed by atoms with Gasteiger partial charge in [0.15, 0.2) is 0 Å². The number of carboxylic acid groups (broad SMARTS) is 1. The lowest BCUT2D eigenvalue weighted by atomic mass is 10.1. The van der Waals surface area contributed by atoms with Crippen molar-refractivity contribution < 1.29 is 14.7 Å². The molecule has 1 aliphatic heterocycles. The molecular weight excluding hydrogens is 230 g/mol. The molecule has 0 spiro atoms. The molecule has 0 saturated heterocycles. The van der Waals surface area contributed by atoms with Crippen molar-refractivity contribution in [3.8, 4) is 0 Å². The number of aliphatic carboxylic acids is 1. The van der Waals surface area contributed by atoms with Crippen molar-refractivity contribution in [2.75, 3.05) is 4.90 Å². The van der Waals surface area contributed by atoms with Gasteiger partial charge in [0.2, 0.25) is 5.91 Å². The molecule has 1 unspecified atom stereocenters. The van der Waals surface area contributed by atoms with Crippen LogP contribution < -0.4 is 4.90 Å². The minimum Gasteiger partial charge on any atom is -0.480 e. The van der Waals surface area contributed by atoms with E-state index in [2.05, 4.69) is 6.58 Å². The first-order valence-electron chi connectivity index (χ1n) is 5.89. The molecule has 1 N–H and O–H groups in total. The molecule has 4 nitrogen and oxygen atoms in total. The summed E-state index contributed by atoms with van der Waals surface area (Å²) in [6.07, 6.45) is 2.90. The third-order valence-electron chi connectivity index (χ3n) is 3.09. The number of carbonyl (C=O) groups excluding carboxylic acids is 1. The van der Waals surface area contributed by atoms with E-state index in [1.165, 1.54) is 4.90 Å². The predicted molar refractivity (Wildman–Crippen MR) is 68.5 cm³/mol. The van der Waals surface area contributed by atoms with E-state index < -0.39 is 12.0 Å². The third-order valence-corrected chi connectivity index (χ3v) is 3.09. The van der Waals surface area contributed by atoms with Crippen LogP contribution >= 0.6 is 0 Å². The van der Waals surface area contributed by atoms with E-state index in [1.807, 2.05) is 18.2 Å². The van der Waals surface area contributed by atoms with Gasteiger partial charge >= 0.3 is 5.97 Å². The largest absolute Gasteiger partial charge is 0.480 e. The lowest BCUT2D eigenvalue weighted by Gasteiger charge is -2.22. The van der Waals surface area contributed by atoms with E-state index in [9.17, 15) is 14.7 Å². The van der Waals surface area contributed by atoms with Gasteiger partial charge in [0, 0.05) is 18.5 Å². The first-order valence-corrected chi connectivity index (χ1v) is 5.89. The highest BCUT2D eigenvalue weighted by Crippen LogP contribution is 2.32. The summed E-state index contributed by atoms with van der Waals surface area (Å²) in [5.74, 6) is -1.12. The van der Waals surface area contributed by atoms with Crippen LogP contribution in [0.25, 0.3) is 0 Å². The molecule has 1 heterocycles. The summed E-state index contributed by atoms with van der Waals surface area (Å²) in [5, 5.41) is 9.22. The maximum Gasteiger partial charge on any atom is 0.327 e. The molecule has 0 bridgehead atoms. The Kier molecular flexibility index (Phi) is 3.46. The monoisotopic (exact) mass is 245 g/mol. The Labute approximate surface area is 106 Å². The molecule has 1 aromatic carbocycles. The Morgan fingerprint density at radius 3 is 2.83 bits per heavy atom. The molecule has 2 rings (SSSR count). The van der Waals surface area contributed by atoms with Crippen molar-refractivity contribution in [1.29, 1.82) is 0 Å². The number of nitrogens with zero attached hydrogens (tertiary/aromatic N) is 1. The number of hydrogen-bond donors (Lipinski definition) is 1. The summed E-state index contributed by atoms with van der Waals surface area (Å²) in [6.45, 7) is 3.57. The fraction of sp³-hybridized carbons (Fsp3) is 0.286. The zero-order valence-corrected chi connectivity index (χ0v) is 10.0. The van der Waals surface area contributed by atoms with E-state index >= 15 is 0 Å². The quantitative estimate of drug-likeness (QED) is 0.825. The number of allylic oxidation sites excluding steroid dienone is 1. The normalized spacial score (nSPS) is 17.3. The summed E-state index contributed by atoms with van der Waals surface area (Å²) >= 11 is 0. The van der Waals surface area contributed by atoms with Crippen LogP contribution in [0, 0.1) is 0 Å². The topological polar surface area (TPSA) is 57.6 Å². The van der Waals surface area contributed by atoms with Crippen LogP contribution in [-0.4, -0.2) is 23.0 Å². The average molecular weight is 245 g/mol. The maximum atomic E-state index is 12.1. The standard InChI is InChI=1S/C14H15NO3/c1-2-3-8-13(16)15-11-7-5-4-6-10(11)9-12(15)14(17)18/h2,4-7,12H,1,3,8-9H2,(H,17,18). The predicted octanol–water partition coefficient (Wildman–Crippen LogP) is 2.00. The van der Waals surface area contributed by atoms with Gasteiger partial charge < -0.3 is 5.11 Å². The Morgan fingerprint density at radius 2 is 2.17 bits per heavy atom. The lowest BCUT2D eigenvalue weighted by Crippen LogP contribution is -2.42. The summed E-state index contributed by atoms with van der Waals surface area (Å²) in [7, 11) is 0. The summed E-state index contributed by atoms with van der Waals surface area (Å²) < 4.78 is 0. The zero-order valence-electron chi connectivity index (χ0n) is 10.0. The van der Waals surface area contributed by atoms with E-state index in [-0.39, 0.29) is 5.91 Å². The third kappa shape index (κ3) is 2.14. The number of benzene rings is 1. The Bertz CT molecular complexity index is 496. The van der Waals surface area contributed by atoms with Crippen molar-refractivity contribution in [2.24, 2.45) is 0 Å². The van der Waals surface area contributed by atoms with Crippen LogP contribution in [-0.2, 0) is 16.0 Å². The number of rotatable bonds is 4. The molecule has 18 heavy (non-hydrogen) atoms. The second-order valence-electron chi connectivity index (χ2n) is 4.28. The van der Waals surface area contributed by atoms with Crippen molar-refractivity contribution >= 4 is 17.6 Å². The number of anilines is 1. The average Bonchev–Trinajstić information content (AvgIpc) is 2.75. The van der Waals surface area contributed by atoms with Gasteiger partial charge in [-0.15, -0.1) is 6.58 Å². The number of carboxylic acids is 1. The number of para-hydroxylation sites is 1. The molecule has 0 aliphatic carbocycles. The molecule has 0 aromatic heterocycles. The molecule has 1 aliphatic rings. The van der Waals surface area contributed by atoms with Gasteiger partial charge in [0.1, 0.15) is 6.04 Å². The van der Waals surface area contributed by atoms with Crippen LogP contribution in [0.2, 0.25) is 0 Å². The van der Waals surface area contributed by atoms with Gasteiger partial charge in [-0.1, -0.05) is 24.3 Å². The van der Waals surface area contributed by atoms with Crippen LogP contribution in [0.1, 0.15) is 18.4 Å². The molecule has 1 aromatic rings. The zero-order chi connectivity index (χ0) is 13.1. The van der Waals surface area contributed by atoms with Crippen molar-refractivity contribution in [2.45, 2.75) is 25.3 Å². The smallest absolute Gasteiger partial charge is 0.327 e. The molecular formula is C14H15NO3. The van der Waals surface area contributed by atoms with Crippen LogP contribution in [0.4, 0.5) is 5.69 Å². The highest BCUT2D eigenvalue weighted by atomic mass is 16.4. The number of amides is 1. The minimum absolute atomic E-state index is 0.160. The molecule has 0 radical (unpaired) electrons. The maximum absolute atomic E-state index is 12.1. The Hall–Kier alpha value is -2.10. The van der Waals surface area contributed by atoms with E-state index in [1.54, 1.807) is 12.1 Å². The molecule has 4 heteroatoms. The highest BCUT2D eigenvalue weighted by Gasteiger charge is 2.37. The highest BCUT2D eigenvalue weighted by molar-refractivity contribution is 6.01.